The Labute approximate surface area is 292 Å². The largest absolute Gasteiger partial charge is 0.481 e. The number of nitrogens with one attached hydrogen (secondary N) is 3. The molecule has 14 nitrogen and oxygen atoms in total. The lowest BCUT2D eigenvalue weighted by Gasteiger charge is -2.36. The van der Waals surface area contributed by atoms with Crippen molar-refractivity contribution in [2.45, 2.75) is 102 Å². The fourth-order valence-electron chi connectivity index (χ4n) is 6.13. The normalized spacial score (nSPS) is 24.1. The first-order valence-electron chi connectivity index (χ1n) is 16.7. The van der Waals surface area contributed by atoms with E-state index in [1.165, 1.54) is 18.1 Å². The summed E-state index contributed by atoms with van der Waals surface area (Å²) in [5.74, 6) is -2.07. The molecule has 3 fully saturated rings. The number of hydrogen-bond acceptors (Lipinski definition) is 10. The van der Waals surface area contributed by atoms with Gasteiger partial charge in [0.2, 0.25) is 33.6 Å². The van der Waals surface area contributed by atoms with Gasteiger partial charge in [0, 0.05) is 23.8 Å². The van der Waals surface area contributed by atoms with Crippen molar-refractivity contribution in [2.75, 3.05) is 13.7 Å². The maximum Gasteiger partial charge on any atom is 0.408 e. The summed E-state index contributed by atoms with van der Waals surface area (Å²) in [6.07, 6.45) is 1.00. The van der Waals surface area contributed by atoms with Crippen LogP contribution in [0.3, 0.4) is 0 Å². The van der Waals surface area contributed by atoms with Crippen molar-refractivity contribution in [3.8, 4) is 11.8 Å². The number of sulfonamides is 1. The average Bonchev–Trinajstić information content (AvgIpc) is 3.95. The highest BCUT2D eigenvalue weighted by atomic mass is 32.2. The fourth-order valence-corrected chi connectivity index (χ4v) is 7.49. The number of nitrogens with zero attached hydrogens (tertiary/aromatic N) is 2. The summed E-state index contributed by atoms with van der Waals surface area (Å²) in [6.45, 7) is 14.1. The zero-order chi connectivity index (χ0) is 36.8. The molecule has 2 saturated carbocycles. The smallest absolute Gasteiger partial charge is 0.408 e. The Morgan fingerprint density at radius 3 is 2.36 bits per heavy atom. The van der Waals surface area contributed by atoms with Crippen LogP contribution in [0.4, 0.5) is 4.79 Å². The van der Waals surface area contributed by atoms with E-state index in [1.54, 1.807) is 47.6 Å². The van der Waals surface area contributed by atoms with Gasteiger partial charge in [-0.25, -0.2) is 13.2 Å². The van der Waals surface area contributed by atoms with Gasteiger partial charge in [0.15, 0.2) is 0 Å². The van der Waals surface area contributed by atoms with Gasteiger partial charge in [-0.15, -0.1) is 6.58 Å². The highest BCUT2D eigenvalue weighted by Gasteiger charge is 2.62. The summed E-state index contributed by atoms with van der Waals surface area (Å²) >= 11 is 0. The molecular formula is C35H47N5O9S. The fraction of sp³-hybridized carbons (Fsp3) is 0.571. The van der Waals surface area contributed by atoms with Gasteiger partial charge in [-0.1, -0.05) is 45.0 Å². The van der Waals surface area contributed by atoms with Crippen LogP contribution in [0.2, 0.25) is 0 Å². The maximum absolute atomic E-state index is 14.4. The summed E-state index contributed by atoms with van der Waals surface area (Å²) in [7, 11) is -2.41. The number of rotatable bonds is 11. The number of ether oxygens (including phenoxy) is 3. The Balaban J connectivity index is 1.46. The molecule has 5 unspecified atom stereocenters. The molecule has 0 radical (unpaired) electrons. The van der Waals surface area contributed by atoms with Crippen molar-refractivity contribution in [1.82, 2.24) is 25.2 Å². The van der Waals surface area contributed by atoms with Crippen LogP contribution in [0, 0.1) is 11.3 Å². The lowest BCUT2D eigenvalue weighted by molar-refractivity contribution is -0.143. The van der Waals surface area contributed by atoms with Gasteiger partial charge in [0.05, 0.1) is 18.9 Å². The maximum atomic E-state index is 14.4. The molecule has 0 spiro atoms. The number of hydrogen-bond donors (Lipinski definition) is 3. The number of alkyl carbamates (subject to hydrolysis) is 1. The van der Waals surface area contributed by atoms with Crippen molar-refractivity contribution in [2.24, 2.45) is 11.3 Å². The minimum atomic E-state index is -3.90. The first-order valence-corrected chi connectivity index (χ1v) is 18.2. The van der Waals surface area contributed by atoms with Crippen molar-refractivity contribution < 1.29 is 41.8 Å². The average molecular weight is 714 g/mol. The van der Waals surface area contributed by atoms with E-state index in [0.29, 0.717) is 24.1 Å². The Morgan fingerprint density at radius 2 is 1.78 bits per heavy atom. The van der Waals surface area contributed by atoms with Gasteiger partial charge in [0.25, 0.3) is 5.91 Å². The van der Waals surface area contributed by atoms with Crippen LogP contribution in [0.1, 0.15) is 67.2 Å². The molecule has 3 N–H and O–H groups in total. The molecular weight excluding hydrogens is 666 g/mol. The first kappa shape index (κ1) is 36.9. The van der Waals surface area contributed by atoms with Crippen molar-refractivity contribution in [3.05, 3.63) is 43.0 Å². The standard InChI is InChI=1S/C35H47N5O9S/c1-9-21-18-35(21,31(43)39-50(45,46)23-14-15-23)38-28(41)25-17-22(48-29-24-13-11-10-12-20(24)16-26(36-29)47-8)19-40(25)30(42)27(33(2,3)4)37-32(44)49-34(5,6)7/h9-13,16,21-23,25,27H,1,14-15,17-19H2,2-8H3,(H,37,44)(H,38,41)(H,39,43). The quantitative estimate of drug-likeness (QED) is 0.293. The Morgan fingerprint density at radius 1 is 1.10 bits per heavy atom. The number of amides is 4. The van der Waals surface area contributed by atoms with Crippen molar-refractivity contribution in [3.63, 3.8) is 0 Å². The van der Waals surface area contributed by atoms with Gasteiger partial charge in [-0.3, -0.25) is 19.1 Å². The second kappa shape index (κ2) is 13.4. The first-order chi connectivity index (χ1) is 23.3. The minimum Gasteiger partial charge on any atom is -0.481 e. The highest BCUT2D eigenvalue weighted by molar-refractivity contribution is 7.91. The predicted octanol–water partition coefficient (Wildman–Crippen LogP) is 3.20. The van der Waals surface area contributed by atoms with Crippen molar-refractivity contribution >= 4 is 44.6 Å². The molecule has 1 aromatic heterocycles. The molecule has 5 rings (SSSR count). The van der Waals surface area contributed by atoms with Crippen LogP contribution in [-0.4, -0.2) is 90.3 Å². The second-order valence-corrected chi connectivity index (χ2v) is 17.3. The number of carbonyl (C=O) groups excluding carboxylic acids is 4. The van der Waals surface area contributed by atoms with Gasteiger partial charge in [-0.05, 0) is 56.9 Å². The van der Waals surface area contributed by atoms with Gasteiger partial charge < -0.3 is 29.7 Å². The lowest BCUT2D eigenvalue weighted by Crippen LogP contribution is -2.60. The summed E-state index contributed by atoms with van der Waals surface area (Å²) in [6, 6.07) is 6.89. The number of benzene rings is 1. The van der Waals surface area contributed by atoms with Crippen LogP contribution in [-0.2, 0) is 29.1 Å². The zero-order valence-electron chi connectivity index (χ0n) is 29.6. The monoisotopic (exact) mass is 713 g/mol. The van der Waals surface area contributed by atoms with Crippen molar-refractivity contribution in [1.29, 1.82) is 0 Å². The highest BCUT2D eigenvalue weighted by Crippen LogP contribution is 2.45. The van der Waals surface area contributed by atoms with E-state index in [-0.39, 0.29) is 25.3 Å². The van der Waals surface area contributed by atoms with Crippen LogP contribution in [0.5, 0.6) is 11.8 Å². The second-order valence-electron chi connectivity index (χ2n) is 15.3. The topological polar surface area (TPSA) is 182 Å². The third kappa shape index (κ3) is 7.98. The molecule has 1 aliphatic heterocycles. The molecule has 2 aliphatic carbocycles. The lowest BCUT2D eigenvalue weighted by atomic mass is 9.85. The molecule has 2 aromatic rings. The number of likely N-dealkylation sites (tertiary alicyclic amines) is 1. The van der Waals surface area contributed by atoms with E-state index >= 15 is 0 Å². The number of methoxy groups -OCH3 is 1. The Hall–Kier alpha value is -4.40. The molecule has 50 heavy (non-hydrogen) atoms. The van der Waals surface area contributed by atoms with E-state index in [1.807, 2.05) is 24.3 Å². The molecule has 4 amide bonds. The van der Waals surface area contributed by atoms with E-state index in [9.17, 15) is 27.6 Å². The minimum absolute atomic E-state index is 0.00488. The van der Waals surface area contributed by atoms with E-state index in [2.05, 4.69) is 26.9 Å². The van der Waals surface area contributed by atoms with E-state index in [0.717, 1.165) is 5.39 Å². The van der Waals surface area contributed by atoms with Crippen LogP contribution in [0.15, 0.2) is 43.0 Å². The summed E-state index contributed by atoms with van der Waals surface area (Å²) in [5, 5.41) is 6.32. The van der Waals surface area contributed by atoms with Gasteiger partial charge in [0.1, 0.15) is 29.3 Å². The SMILES string of the molecule is C=CC1CC1(NC(=O)C1CC(Oc2nc(OC)cc3ccccc23)CN1C(=O)C(NC(=O)OC(C)(C)C)C(C)(C)C)C(=O)NS(=O)(=O)C1CC1. The molecule has 2 heterocycles. The molecule has 1 saturated heterocycles. The Bertz CT molecular complexity index is 1800. The summed E-state index contributed by atoms with van der Waals surface area (Å²) in [5.41, 5.74) is -3.21. The van der Waals surface area contributed by atoms with Crippen LogP contribution >= 0.6 is 0 Å². The zero-order valence-corrected chi connectivity index (χ0v) is 30.4. The third-order valence-electron chi connectivity index (χ3n) is 9.04. The predicted molar refractivity (Wildman–Crippen MR) is 185 cm³/mol. The molecule has 272 valence electrons. The third-order valence-corrected chi connectivity index (χ3v) is 10.9. The number of carbonyl (C=O) groups is 4. The van der Waals surface area contributed by atoms with Gasteiger partial charge >= 0.3 is 6.09 Å². The molecule has 5 atom stereocenters. The molecule has 3 aliphatic rings. The number of pyridine rings is 1. The number of fused-ring (bicyclic) bond motifs is 1. The van der Waals surface area contributed by atoms with Gasteiger partial charge in [-0.2, -0.15) is 4.98 Å². The summed E-state index contributed by atoms with van der Waals surface area (Å²) < 4.78 is 44.7. The van der Waals surface area contributed by atoms with Crippen LogP contribution < -0.4 is 24.8 Å². The van der Waals surface area contributed by atoms with Crippen LogP contribution in [0.25, 0.3) is 10.8 Å². The summed E-state index contributed by atoms with van der Waals surface area (Å²) in [4.78, 5) is 60.8. The molecule has 1 aromatic carbocycles. The number of aromatic nitrogens is 1. The van der Waals surface area contributed by atoms with E-state index in [4.69, 9.17) is 14.2 Å². The molecule has 15 heteroatoms. The van der Waals surface area contributed by atoms with E-state index < -0.39 is 79.7 Å². The molecule has 0 bridgehead atoms. The Kier molecular flexibility index (Phi) is 9.87.